The van der Waals surface area contributed by atoms with E-state index < -0.39 is 0 Å². The zero-order chi connectivity index (χ0) is 17.6. The SMILES string of the molecule is C=C1C(=O)C(C)=C1O.C=C1[C-]=C(C)CC1.C=C1[C-]=C(C)CCC1.[Y].[Y]. The summed E-state index contributed by atoms with van der Waals surface area (Å²) >= 11 is 0. The van der Waals surface area contributed by atoms with Gasteiger partial charge in [-0.3, -0.25) is 4.79 Å². The maximum Gasteiger partial charge on any atom is 0.195 e. The van der Waals surface area contributed by atoms with E-state index in [1.807, 2.05) is 0 Å². The van der Waals surface area contributed by atoms with E-state index in [4.69, 9.17) is 5.11 Å². The van der Waals surface area contributed by atoms with Crippen molar-refractivity contribution in [3.05, 3.63) is 71.1 Å². The molecule has 0 amide bonds. The fourth-order valence-electron chi connectivity index (χ4n) is 2.36. The summed E-state index contributed by atoms with van der Waals surface area (Å²) in [5.74, 6) is -0.0579. The maximum atomic E-state index is 10.5. The standard InChI is InChI=1S/C8H11.C7H9.C6H6O2.2Y/c1-7-4-3-5-8(2)6-7;1-6-3-4-7(2)5-6;1-3-5(7)4(2)6(3)8;;/h1,3-5H2,2H3;1,3-4H2,2H3;7H,1H2,2H3;;/q2*-1;;;. The molecule has 0 fully saturated rings. The molecule has 0 saturated heterocycles. The van der Waals surface area contributed by atoms with Gasteiger partial charge in [-0.1, -0.05) is 33.3 Å². The smallest absolute Gasteiger partial charge is 0.195 e. The predicted molar refractivity (Wildman–Crippen MR) is 95.7 cm³/mol. The molecular formula is C21H26O2Y2-2. The van der Waals surface area contributed by atoms with E-state index in [-0.39, 0.29) is 82.5 Å². The Hall–Kier alpha value is 0.118. The molecule has 2 nitrogen and oxygen atoms in total. The van der Waals surface area contributed by atoms with Crippen LogP contribution in [0.25, 0.3) is 0 Å². The van der Waals surface area contributed by atoms with E-state index in [0.29, 0.717) is 5.57 Å². The van der Waals surface area contributed by atoms with Crippen LogP contribution in [-0.4, -0.2) is 10.9 Å². The summed E-state index contributed by atoms with van der Waals surface area (Å²) in [4.78, 5) is 10.5. The minimum atomic E-state index is -0.123. The summed E-state index contributed by atoms with van der Waals surface area (Å²) in [6.07, 6.45) is 12.3. The molecule has 0 heterocycles. The van der Waals surface area contributed by atoms with Crippen molar-refractivity contribution < 1.29 is 75.3 Å². The van der Waals surface area contributed by atoms with Crippen LogP contribution in [-0.2, 0) is 70.2 Å². The van der Waals surface area contributed by atoms with Gasteiger partial charge in [0.25, 0.3) is 0 Å². The molecule has 0 aromatic carbocycles. The van der Waals surface area contributed by atoms with Crippen molar-refractivity contribution >= 4 is 5.78 Å². The monoisotopic (exact) mass is 488 g/mol. The molecule has 0 unspecified atom stereocenters. The Morgan fingerprint density at radius 1 is 0.840 bits per heavy atom. The van der Waals surface area contributed by atoms with E-state index in [0.717, 1.165) is 18.4 Å². The van der Waals surface area contributed by atoms with Crippen molar-refractivity contribution in [3.8, 4) is 0 Å². The molecule has 0 atom stereocenters. The van der Waals surface area contributed by atoms with Crippen LogP contribution < -0.4 is 0 Å². The molecule has 0 aliphatic heterocycles. The van der Waals surface area contributed by atoms with E-state index in [9.17, 15) is 4.79 Å². The molecule has 0 saturated carbocycles. The second-order valence-electron chi connectivity index (χ2n) is 6.15. The van der Waals surface area contributed by atoms with Crippen LogP contribution >= 0.6 is 0 Å². The summed E-state index contributed by atoms with van der Waals surface area (Å²) < 4.78 is 0. The molecule has 0 bridgehead atoms. The van der Waals surface area contributed by atoms with Crippen molar-refractivity contribution in [1.29, 1.82) is 0 Å². The molecule has 1 N–H and O–H groups in total. The molecule has 25 heavy (non-hydrogen) atoms. The number of hydrogen-bond donors (Lipinski definition) is 1. The van der Waals surface area contributed by atoms with Gasteiger partial charge in [0.05, 0.1) is 5.57 Å². The first kappa shape index (κ1) is 27.3. The second kappa shape index (κ2) is 13.3. The van der Waals surface area contributed by atoms with Gasteiger partial charge in [-0.15, -0.1) is 0 Å². The van der Waals surface area contributed by atoms with Crippen LogP contribution in [0.1, 0.15) is 52.9 Å². The first-order valence-electron chi connectivity index (χ1n) is 7.90. The fourth-order valence-corrected chi connectivity index (χ4v) is 2.36. The molecule has 3 rings (SSSR count). The number of hydrogen-bond acceptors (Lipinski definition) is 2. The number of carbonyl (C=O) groups excluding carboxylic acids is 1. The number of Topliss-reactive ketones (excluding diaryl/α,β-unsaturated/α-hetero) is 1. The molecule has 2 radical (unpaired) electrons. The van der Waals surface area contributed by atoms with Crippen LogP contribution in [0.2, 0.25) is 0 Å². The van der Waals surface area contributed by atoms with Gasteiger partial charge in [0.1, 0.15) is 5.76 Å². The average Bonchev–Trinajstić information content (AvgIpc) is 2.89. The van der Waals surface area contributed by atoms with Crippen molar-refractivity contribution in [2.75, 3.05) is 0 Å². The number of rotatable bonds is 0. The van der Waals surface area contributed by atoms with Crippen LogP contribution in [0.3, 0.4) is 0 Å². The maximum absolute atomic E-state index is 10.5. The third-order valence-corrected chi connectivity index (χ3v) is 3.87. The third-order valence-electron chi connectivity index (χ3n) is 3.87. The Balaban J connectivity index is 0. The van der Waals surface area contributed by atoms with E-state index in [2.05, 4.69) is 45.7 Å². The van der Waals surface area contributed by atoms with Crippen molar-refractivity contribution in [2.24, 2.45) is 0 Å². The van der Waals surface area contributed by atoms with Gasteiger partial charge in [-0.05, 0) is 26.2 Å². The number of aliphatic hydroxyl groups excluding tert-OH is 1. The van der Waals surface area contributed by atoms with Gasteiger partial charge in [-0.25, -0.2) is 36.5 Å². The average molecular weight is 488 g/mol. The van der Waals surface area contributed by atoms with Gasteiger partial charge < -0.3 is 5.11 Å². The van der Waals surface area contributed by atoms with Crippen LogP contribution in [0.5, 0.6) is 0 Å². The van der Waals surface area contributed by atoms with Crippen molar-refractivity contribution in [1.82, 2.24) is 0 Å². The van der Waals surface area contributed by atoms with Gasteiger partial charge in [0, 0.05) is 71.0 Å². The van der Waals surface area contributed by atoms with Gasteiger partial charge in [-0.2, -0.15) is 11.1 Å². The summed E-state index contributed by atoms with van der Waals surface area (Å²) in [6.45, 7) is 16.7. The van der Waals surface area contributed by atoms with E-state index in [1.165, 1.54) is 36.0 Å². The van der Waals surface area contributed by atoms with Gasteiger partial charge in [0.2, 0.25) is 0 Å². The number of carbonyl (C=O) groups is 1. The second-order valence-corrected chi connectivity index (χ2v) is 6.15. The molecule has 4 heteroatoms. The zero-order valence-corrected chi connectivity index (χ0v) is 21.3. The Bertz CT molecular complexity index is 612. The van der Waals surface area contributed by atoms with Gasteiger partial charge >= 0.3 is 0 Å². The third kappa shape index (κ3) is 9.57. The number of aliphatic hydroxyl groups is 1. The van der Waals surface area contributed by atoms with Crippen molar-refractivity contribution in [3.63, 3.8) is 0 Å². The molecule has 130 valence electrons. The first-order chi connectivity index (χ1) is 10.7. The first-order valence-corrected chi connectivity index (χ1v) is 7.90. The summed E-state index contributed by atoms with van der Waals surface area (Å²) in [5.41, 5.74) is 5.72. The normalized spacial score (nSPS) is 18.4. The Kier molecular flexibility index (Phi) is 14.6. The largest absolute Gasteiger partial charge is 0.507 e. The summed E-state index contributed by atoms with van der Waals surface area (Å²) in [6, 6.07) is 0. The minimum Gasteiger partial charge on any atom is -0.507 e. The van der Waals surface area contributed by atoms with E-state index in [1.54, 1.807) is 6.92 Å². The minimum absolute atomic E-state index is 0. The molecule has 0 spiro atoms. The zero-order valence-electron chi connectivity index (χ0n) is 15.7. The van der Waals surface area contributed by atoms with Crippen LogP contribution in [0.4, 0.5) is 0 Å². The summed E-state index contributed by atoms with van der Waals surface area (Å²) in [7, 11) is 0. The predicted octanol–water partition coefficient (Wildman–Crippen LogP) is 5.51. The molecule has 0 aromatic rings. The summed E-state index contributed by atoms with van der Waals surface area (Å²) in [5, 5.41) is 8.71. The Labute approximate surface area is 203 Å². The van der Waals surface area contributed by atoms with Crippen molar-refractivity contribution in [2.45, 2.75) is 52.9 Å². The number of ketones is 1. The Morgan fingerprint density at radius 2 is 1.32 bits per heavy atom. The fraction of sp³-hybridized carbons (Fsp3) is 0.381. The van der Waals surface area contributed by atoms with Gasteiger partial charge in [0.15, 0.2) is 5.78 Å². The molecular weight excluding hydrogens is 462 g/mol. The van der Waals surface area contributed by atoms with Crippen LogP contribution in [0.15, 0.2) is 58.9 Å². The van der Waals surface area contributed by atoms with E-state index >= 15 is 0 Å². The van der Waals surface area contributed by atoms with Crippen LogP contribution in [0, 0.1) is 12.2 Å². The molecule has 3 aliphatic carbocycles. The molecule has 0 aromatic heterocycles. The topological polar surface area (TPSA) is 37.3 Å². The molecule has 3 aliphatic rings. The Morgan fingerprint density at radius 3 is 1.52 bits per heavy atom. The number of allylic oxidation sites excluding steroid dienone is 8. The quantitative estimate of drug-likeness (QED) is 0.361.